The van der Waals surface area contributed by atoms with Gasteiger partial charge in [0.1, 0.15) is 20.0 Å². The number of methoxy groups -OCH3 is 1. The van der Waals surface area contributed by atoms with E-state index in [1.807, 2.05) is 30.7 Å². The Morgan fingerprint density at radius 1 is 1.14 bits per heavy atom. The molecule has 0 saturated heterocycles. The Labute approximate surface area is 217 Å². The zero-order valence-corrected chi connectivity index (χ0v) is 22.9. The molecule has 0 saturated carbocycles. The number of nitrogens with zero attached hydrogens (tertiary/aromatic N) is 3. The molecule has 2 aromatic carbocycles. The molecule has 0 bridgehead atoms. The number of thiazole rings is 2. The van der Waals surface area contributed by atoms with E-state index in [1.54, 1.807) is 41.5 Å². The zero-order valence-electron chi connectivity index (χ0n) is 20.5. The van der Waals surface area contributed by atoms with E-state index in [2.05, 4.69) is 65.2 Å². The highest BCUT2D eigenvalue weighted by Gasteiger charge is 2.25. The lowest BCUT2D eigenvalue weighted by atomic mass is 10.0. The van der Waals surface area contributed by atoms with Crippen molar-refractivity contribution in [2.45, 2.75) is 38.8 Å². The Kier molecular flexibility index (Phi) is 6.61. The first-order chi connectivity index (χ1) is 16.9. The Morgan fingerprint density at radius 2 is 1.91 bits per heavy atom. The smallest absolute Gasteiger partial charge is 0.271 e. The molecule has 0 amide bonds. The van der Waals surface area contributed by atoms with Gasteiger partial charge in [-0.2, -0.15) is 4.57 Å². The Balaban J connectivity index is 1.60. The van der Waals surface area contributed by atoms with E-state index >= 15 is 0 Å². The zero-order chi connectivity index (χ0) is 24.7. The third kappa shape index (κ3) is 4.35. The second kappa shape index (κ2) is 9.68. The molecule has 0 N–H and O–H groups in total. The molecule has 180 valence electrons. The maximum atomic E-state index is 13.5. The minimum Gasteiger partial charge on any atom is -0.497 e. The van der Waals surface area contributed by atoms with Crippen LogP contribution in [0.1, 0.15) is 28.6 Å². The molecule has 1 aliphatic rings. The summed E-state index contributed by atoms with van der Waals surface area (Å²) in [5.74, 6) is 0.822. The van der Waals surface area contributed by atoms with Gasteiger partial charge in [-0.1, -0.05) is 41.3 Å². The monoisotopic (exact) mass is 522 g/mol. The summed E-state index contributed by atoms with van der Waals surface area (Å²) in [6.07, 6.45) is 4.29. The predicted octanol–water partition coefficient (Wildman–Crippen LogP) is 4.09. The Bertz CT molecular complexity index is 1580. The first-order valence-corrected chi connectivity index (χ1v) is 14.0. The lowest BCUT2D eigenvalue weighted by Crippen LogP contribution is -2.36. The fourth-order valence-electron chi connectivity index (χ4n) is 4.37. The number of hydrogen-bond donors (Lipinski definition) is 0. The van der Waals surface area contributed by atoms with Crippen molar-refractivity contribution >= 4 is 51.2 Å². The average molecular weight is 523 g/mol. The van der Waals surface area contributed by atoms with E-state index in [1.165, 1.54) is 16.7 Å². The fraction of sp³-hybridized carbons (Fsp3) is 0.259. The summed E-state index contributed by atoms with van der Waals surface area (Å²) < 4.78 is 11.3. The summed E-state index contributed by atoms with van der Waals surface area (Å²) in [4.78, 5) is 16.7. The van der Waals surface area contributed by atoms with Crippen molar-refractivity contribution in [3.63, 3.8) is 0 Å². The summed E-state index contributed by atoms with van der Waals surface area (Å²) in [5, 5.41) is 4.22. The van der Waals surface area contributed by atoms with Gasteiger partial charge in [-0.3, -0.25) is 9.36 Å². The molecule has 0 aliphatic carbocycles. The predicted molar refractivity (Wildman–Crippen MR) is 147 cm³/mol. The van der Waals surface area contributed by atoms with Crippen LogP contribution in [0.3, 0.4) is 0 Å². The van der Waals surface area contributed by atoms with Crippen LogP contribution >= 0.6 is 34.4 Å². The van der Waals surface area contributed by atoms with Gasteiger partial charge in [0.2, 0.25) is 0 Å². The van der Waals surface area contributed by atoms with Gasteiger partial charge in [0, 0.05) is 24.1 Å². The molecule has 4 aromatic rings. The SMILES string of the molecule is CCn1c(=O)/c(=C2\Sc3cc(OC)ccc3N2C)s/c1=C\c1scc[n+]1Cc1c(C)cccc1C. The van der Waals surface area contributed by atoms with Gasteiger partial charge in [-0.05, 0) is 50.1 Å². The summed E-state index contributed by atoms with van der Waals surface area (Å²) in [6.45, 7) is 7.81. The van der Waals surface area contributed by atoms with E-state index in [9.17, 15) is 4.79 Å². The number of rotatable bonds is 5. The van der Waals surface area contributed by atoms with E-state index in [0.717, 1.165) is 42.1 Å². The highest BCUT2D eigenvalue weighted by Crippen LogP contribution is 2.46. The van der Waals surface area contributed by atoms with Crippen LogP contribution in [0.5, 0.6) is 5.75 Å². The van der Waals surface area contributed by atoms with Crippen LogP contribution in [0.4, 0.5) is 5.69 Å². The molecule has 0 unspecified atom stereocenters. The fourth-order valence-corrected chi connectivity index (χ4v) is 7.71. The number of ether oxygens (including phenoxy) is 1. The first-order valence-electron chi connectivity index (χ1n) is 11.5. The third-order valence-corrected chi connectivity index (χ3v) is 9.71. The number of thioether (sulfide) groups is 1. The first kappa shape index (κ1) is 23.9. The molecule has 0 fully saturated rings. The molecular weight excluding hydrogens is 495 g/mol. The van der Waals surface area contributed by atoms with Gasteiger partial charge in [0.25, 0.3) is 10.6 Å². The molecule has 3 heterocycles. The second-order valence-corrected chi connectivity index (χ2v) is 11.5. The van der Waals surface area contributed by atoms with Crippen molar-refractivity contribution in [2.24, 2.45) is 0 Å². The normalized spacial score (nSPS) is 15.1. The second-order valence-electron chi connectivity index (χ2n) is 8.50. The number of aryl methyl sites for hydroxylation is 2. The average Bonchev–Trinajstić information content (AvgIpc) is 3.52. The molecule has 0 spiro atoms. The van der Waals surface area contributed by atoms with Crippen LogP contribution in [0, 0.1) is 13.8 Å². The van der Waals surface area contributed by atoms with Gasteiger partial charge in [-0.25, -0.2) is 0 Å². The van der Waals surface area contributed by atoms with Crippen molar-refractivity contribution in [3.05, 3.63) is 89.2 Å². The lowest BCUT2D eigenvalue weighted by molar-refractivity contribution is -0.685. The molecule has 5 rings (SSSR count). The number of fused-ring (bicyclic) bond motifs is 1. The van der Waals surface area contributed by atoms with Gasteiger partial charge in [0.15, 0.2) is 12.7 Å². The number of hydrogen-bond acceptors (Lipinski definition) is 6. The van der Waals surface area contributed by atoms with E-state index in [-0.39, 0.29) is 5.56 Å². The molecule has 0 radical (unpaired) electrons. The number of aromatic nitrogens is 2. The highest BCUT2D eigenvalue weighted by atomic mass is 32.2. The minimum absolute atomic E-state index is 0.0655. The van der Waals surface area contributed by atoms with Gasteiger partial charge >= 0.3 is 0 Å². The standard InChI is InChI=1S/C27H28N3O2S3/c1-6-30-24(15-23-29(12-13-33-23)16-20-17(2)8-7-9-18(20)3)35-25(26(30)31)27-28(4)21-11-10-19(32-5)14-22(21)34-27/h7-15H,6,16H2,1-5H3/q+1/b27-25+. The molecular formula is C27H28N3O2S3+. The van der Waals surface area contributed by atoms with Gasteiger partial charge in [0.05, 0.1) is 24.3 Å². The Morgan fingerprint density at radius 3 is 2.63 bits per heavy atom. The topological polar surface area (TPSA) is 38.4 Å². The van der Waals surface area contributed by atoms with Crippen molar-refractivity contribution in [1.82, 2.24) is 4.57 Å². The van der Waals surface area contributed by atoms with Crippen LogP contribution in [0.25, 0.3) is 11.1 Å². The number of anilines is 1. The third-order valence-electron chi connectivity index (χ3n) is 6.39. The summed E-state index contributed by atoms with van der Waals surface area (Å²) in [6, 6.07) is 12.5. The maximum absolute atomic E-state index is 13.5. The van der Waals surface area contributed by atoms with Crippen LogP contribution in [0.15, 0.2) is 57.7 Å². The molecule has 5 nitrogen and oxygen atoms in total. The van der Waals surface area contributed by atoms with Gasteiger partial charge < -0.3 is 9.64 Å². The highest BCUT2D eigenvalue weighted by molar-refractivity contribution is 8.08. The van der Waals surface area contributed by atoms with Crippen molar-refractivity contribution in [1.29, 1.82) is 0 Å². The summed E-state index contributed by atoms with van der Waals surface area (Å²) >= 11 is 4.90. The van der Waals surface area contributed by atoms with Crippen LogP contribution in [-0.2, 0) is 13.1 Å². The molecule has 1 aliphatic heterocycles. The summed E-state index contributed by atoms with van der Waals surface area (Å²) in [5.41, 5.74) is 5.10. The lowest BCUT2D eigenvalue weighted by Gasteiger charge is -2.12. The van der Waals surface area contributed by atoms with Crippen LogP contribution in [0.2, 0.25) is 0 Å². The van der Waals surface area contributed by atoms with E-state index in [0.29, 0.717) is 6.54 Å². The molecule has 2 aromatic heterocycles. The van der Waals surface area contributed by atoms with Gasteiger partial charge in [-0.15, -0.1) is 11.3 Å². The maximum Gasteiger partial charge on any atom is 0.271 e. The van der Waals surface area contributed by atoms with Crippen LogP contribution in [-0.4, -0.2) is 18.7 Å². The van der Waals surface area contributed by atoms with E-state index < -0.39 is 0 Å². The quantitative estimate of drug-likeness (QED) is 0.370. The van der Waals surface area contributed by atoms with Crippen molar-refractivity contribution < 1.29 is 9.30 Å². The summed E-state index contributed by atoms with van der Waals surface area (Å²) in [7, 11) is 3.70. The molecule has 0 atom stereocenters. The van der Waals surface area contributed by atoms with Crippen LogP contribution < -0.4 is 29.0 Å². The molecule has 35 heavy (non-hydrogen) atoms. The largest absolute Gasteiger partial charge is 0.497 e. The molecule has 8 heteroatoms. The minimum atomic E-state index is 0.0655. The van der Waals surface area contributed by atoms with E-state index in [4.69, 9.17) is 4.74 Å². The van der Waals surface area contributed by atoms with Crippen molar-refractivity contribution in [3.8, 4) is 5.75 Å². The number of benzene rings is 2. The Hall–Kier alpha value is -2.81. The van der Waals surface area contributed by atoms with Crippen molar-refractivity contribution in [2.75, 3.05) is 19.1 Å².